The average Bonchev–Trinajstić information content (AvgIpc) is 2.30. The number of nitrogen functional groups attached to an aromatic ring is 1. The maximum atomic E-state index is 11.8. The molecule has 1 rings (SSSR count). The lowest BCUT2D eigenvalue weighted by atomic mass is 10.3. The smallest absolute Gasteiger partial charge is 0.411 e. The topological polar surface area (TPSA) is 102 Å². The van der Waals surface area contributed by atoms with Crippen LogP contribution in [-0.2, 0) is 14.8 Å². The number of anilines is 1. The van der Waals surface area contributed by atoms with Crippen LogP contribution in [0.2, 0.25) is 0 Å². The van der Waals surface area contributed by atoms with E-state index < -0.39 is 29.4 Å². The van der Waals surface area contributed by atoms with Crippen molar-refractivity contribution in [1.82, 2.24) is 4.72 Å². The summed E-state index contributed by atoms with van der Waals surface area (Å²) in [7, 11) is -3.92. The SMILES string of the molecule is Nc1cc(S(=O)(=O)NCCOCC(F)(F)F)ccc1O. The molecule has 10 heteroatoms. The van der Waals surface area contributed by atoms with E-state index in [1.807, 2.05) is 0 Å². The van der Waals surface area contributed by atoms with Crippen molar-refractivity contribution < 1.29 is 31.4 Å². The van der Waals surface area contributed by atoms with E-state index in [0.29, 0.717) is 0 Å². The first-order valence-corrected chi connectivity index (χ1v) is 6.83. The number of nitrogens with one attached hydrogen (secondary N) is 1. The van der Waals surface area contributed by atoms with Crippen molar-refractivity contribution in [2.24, 2.45) is 0 Å². The van der Waals surface area contributed by atoms with Gasteiger partial charge in [-0.2, -0.15) is 13.2 Å². The van der Waals surface area contributed by atoms with Gasteiger partial charge >= 0.3 is 6.18 Å². The molecule has 6 nitrogen and oxygen atoms in total. The molecule has 0 aliphatic rings. The van der Waals surface area contributed by atoms with E-state index in [1.54, 1.807) is 0 Å². The summed E-state index contributed by atoms with van der Waals surface area (Å²) in [5, 5.41) is 9.16. The lowest BCUT2D eigenvalue weighted by molar-refractivity contribution is -0.173. The number of benzene rings is 1. The first-order valence-electron chi connectivity index (χ1n) is 5.34. The van der Waals surface area contributed by atoms with E-state index in [9.17, 15) is 21.6 Å². The molecule has 20 heavy (non-hydrogen) atoms. The molecular formula is C10H13F3N2O4S. The Morgan fingerprint density at radius 2 is 2.00 bits per heavy atom. The van der Waals surface area contributed by atoms with E-state index >= 15 is 0 Å². The molecule has 0 bridgehead atoms. The zero-order valence-electron chi connectivity index (χ0n) is 10.1. The van der Waals surface area contributed by atoms with Gasteiger partial charge in [0.2, 0.25) is 10.0 Å². The number of alkyl halides is 3. The number of nitrogens with two attached hydrogens (primary N) is 1. The van der Waals surface area contributed by atoms with Crippen molar-refractivity contribution in [1.29, 1.82) is 0 Å². The van der Waals surface area contributed by atoms with E-state index in [4.69, 9.17) is 10.8 Å². The molecule has 0 saturated carbocycles. The Hall–Kier alpha value is -1.52. The van der Waals surface area contributed by atoms with Gasteiger partial charge < -0.3 is 15.6 Å². The maximum Gasteiger partial charge on any atom is 0.411 e. The van der Waals surface area contributed by atoms with Gasteiger partial charge in [-0.3, -0.25) is 0 Å². The average molecular weight is 314 g/mol. The fourth-order valence-electron chi connectivity index (χ4n) is 1.22. The van der Waals surface area contributed by atoms with Gasteiger partial charge in [0, 0.05) is 6.54 Å². The van der Waals surface area contributed by atoms with Gasteiger partial charge in [-0.1, -0.05) is 0 Å². The molecule has 0 spiro atoms. The lowest BCUT2D eigenvalue weighted by Gasteiger charge is -2.09. The minimum Gasteiger partial charge on any atom is -0.506 e. The highest BCUT2D eigenvalue weighted by atomic mass is 32.2. The second-order valence-corrected chi connectivity index (χ2v) is 5.55. The number of ether oxygens (including phenoxy) is 1. The van der Waals surface area contributed by atoms with Gasteiger partial charge in [-0.15, -0.1) is 0 Å². The zero-order chi connectivity index (χ0) is 15.4. The van der Waals surface area contributed by atoms with Crippen LogP contribution in [0.15, 0.2) is 23.1 Å². The van der Waals surface area contributed by atoms with Crippen LogP contribution in [0.1, 0.15) is 0 Å². The first kappa shape index (κ1) is 16.5. The predicted molar refractivity (Wildman–Crippen MR) is 64.6 cm³/mol. The number of hydrogen-bond donors (Lipinski definition) is 3. The summed E-state index contributed by atoms with van der Waals surface area (Å²) in [6, 6.07) is 3.25. The Labute approximate surface area is 113 Å². The second-order valence-electron chi connectivity index (χ2n) is 3.79. The van der Waals surface area contributed by atoms with Gasteiger partial charge in [-0.05, 0) is 18.2 Å². The highest BCUT2D eigenvalue weighted by molar-refractivity contribution is 7.89. The molecule has 1 aromatic rings. The predicted octanol–water partition coefficient (Wildman–Crippen LogP) is 0.832. The molecule has 0 radical (unpaired) electrons. The molecule has 0 unspecified atom stereocenters. The highest BCUT2D eigenvalue weighted by Crippen LogP contribution is 2.22. The van der Waals surface area contributed by atoms with Crippen LogP contribution in [0.5, 0.6) is 5.75 Å². The molecule has 1 aromatic carbocycles. The van der Waals surface area contributed by atoms with Gasteiger partial charge in [0.05, 0.1) is 17.2 Å². The molecule has 0 aliphatic carbocycles. The summed E-state index contributed by atoms with van der Waals surface area (Å²) in [6.45, 7) is -2.19. The fraction of sp³-hybridized carbons (Fsp3) is 0.400. The van der Waals surface area contributed by atoms with Crippen molar-refractivity contribution in [3.05, 3.63) is 18.2 Å². The normalized spacial score (nSPS) is 12.6. The monoisotopic (exact) mass is 314 g/mol. The van der Waals surface area contributed by atoms with Gasteiger partial charge in [0.25, 0.3) is 0 Å². The maximum absolute atomic E-state index is 11.8. The third kappa shape index (κ3) is 5.23. The van der Waals surface area contributed by atoms with E-state index in [0.717, 1.165) is 18.2 Å². The van der Waals surface area contributed by atoms with Crippen molar-refractivity contribution in [3.63, 3.8) is 0 Å². The van der Waals surface area contributed by atoms with Crippen LogP contribution in [0.3, 0.4) is 0 Å². The first-order chi connectivity index (χ1) is 9.12. The minimum atomic E-state index is -4.45. The number of aromatic hydroxyl groups is 1. The number of hydrogen-bond acceptors (Lipinski definition) is 5. The highest BCUT2D eigenvalue weighted by Gasteiger charge is 2.27. The fourth-order valence-corrected chi connectivity index (χ4v) is 2.27. The molecule has 0 atom stereocenters. The molecule has 114 valence electrons. The number of halogens is 3. The Morgan fingerprint density at radius 3 is 2.55 bits per heavy atom. The van der Waals surface area contributed by atoms with Crippen molar-refractivity contribution in [3.8, 4) is 5.75 Å². The van der Waals surface area contributed by atoms with Crippen LogP contribution >= 0.6 is 0 Å². The van der Waals surface area contributed by atoms with E-state index in [2.05, 4.69) is 9.46 Å². The van der Waals surface area contributed by atoms with Crippen molar-refractivity contribution >= 4 is 15.7 Å². The summed E-state index contributed by atoms with van der Waals surface area (Å²) in [5.74, 6) is -0.266. The quantitative estimate of drug-likeness (QED) is 0.410. The Bertz CT molecular complexity index is 560. The number of phenols is 1. The van der Waals surface area contributed by atoms with E-state index in [1.165, 1.54) is 0 Å². The summed E-state index contributed by atoms with van der Waals surface area (Å²) >= 11 is 0. The molecule has 0 aliphatic heterocycles. The molecule has 0 fully saturated rings. The number of phenolic OH excluding ortho intramolecular Hbond substituents is 1. The van der Waals surface area contributed by atoms with Crippen LogP contribution in [0.25, 0.3) is 0 Å². The summed E-state index contributed by atoms with van der Waals surface area (Å²) in [4.78, 5) is -0.205. The zero-order valence-corrected chi connectivity index (χ0v) is 11.0. The standard InChI is InChI=1S/C10H13F3N2O4S/c11-10(12,13)6-19-4-3-15-20(17,18)7-1-2-9(16)8(14)5-7/h1-2,5,15-16H,3-4,6,14H2. The van der Waals surface area contributed by atoms with Crippen LogP contribution in [0, 0.1) is 0 Å². The molecule has 4 N–H and O–H groups in total. The molecule has 0 aromatic heterocycles. The Balaban J connectivity index is 2.52. The van der Waals surface area contributed by atoms with Crippen LogP contribution in [-0.4, -0.2) is 39.5 Å². The van der Waals surface area contributed by atoms with Gasteiger partial charge in [-0.25, -0.2) is 13.1 Å². The van der Waals surface area contributed by atoms with E-state index in [-0.39, 0.29) is 22.9 Å². The second kappa shape index (κ2) is 6.29. The summed E-state index contributed by atoms with van der Waals surface area (Å²) in [6.07, 6.45) is -4.45. The Morgan fingerprint density at radius 1 is 1.35 bits per heavy atom. The van der Waals surface area contributed by atoms with Crippen molar-refractivity contribution in [2.45, 2.75) is 11.1 Å². The van der Waals surface area contributed by atoms with Crippen LogP contribution in [0.4, 0.5) is 18.9 Å². The molecule has 0 saturated heterocycles. The van der Waals surface area contributed by atoms with Crippen molar-refractivity contribution in [2.75, 3.05) is 25.5 Å². The third-order valence-electron chi connectivity index (χ3n) is 2.11. The van der Waals surface area contributed by atoms with Gasteiger partial charge in [0.1, 0.15) is 12.4 Å². The number of sulfonamides is 1. The van der Waals surface area contributed by atoms with Crippen LogP contribution < -0.4 is 10.5 Å². The molecular weight excluding hydrogens is 301 g/mol. The minimum absolute atomic E-state index is 0.124. The molecule has 0 amide bonds. The summed E-state index contributed by atoms with van der Waals surface area (Å²) in [5.41, 5.74) is 5.23. The van der Waals surface area contributed by atoms with Gasteiger partial charge in [0.15, 0.2) is 0 Å². The lowest BCUT2D eigenvalue weighted by Crippen LogP contribution is -2.29. The number of rotatable bonds is 6. The largest absolute Gasteiger partial charge is 0.506 e. The Kier molecular flexibility index (Phi) is 5.20. The summed E-state index contributed by atoms with van der Waals surface area (Å²) < 4.78 is 65.1. The third-order valence-corrected chi connectivity index (χ3v) is 3.57. The molecule has 0 heterocycles.